The van der Waals surface area contributed by atoms with E-state index in [1.165, 1.54) is 24.3 Å². The molecule has 5 atom stereocenters. The summed E-state index contributed by atoms with van der Waals surface area (Å²) in [4.78, 5) is -0.253. The largest absolute Gasteiger partial charge is 0.387 e. The zero-order chi connectivity index (χ0) is 25.6. The summed E-state index contributed by atoms with van der Waals surface area (Å²) in [5.41, 5.74) is 1.69. The fourth-order valence-corrected chi connectivity index (χ4v) is 5.84. The van der Waals surface area contributed by atoms with Crippen LogP contribution in [0.2, 0.25) is 0 Å². The number of hydrogen-bond acceptors (Lipinski definition) is 10. The lowest BCUT2D eigenvalue weighted by Gasteiger charge is -2.28. The van der Waals surface area contributed by atoms with Gasteiger partial charge in [0.15, 0.2) is 12.1 Å². The van der Waals surface area contributed by atoms with Crippen LogP contribution in [0.5, 0.6) is 0 Å². The van der Waals surface area contributed by atoms with Crippen LogP contribution in [-0.4, -0.2) is 65.0 Å². The summed E-state index contributed by atoms with van der Waals surface area (Å²) >= 11 is 0. The number of hydrogen-bond donors (Lipinski definition) is 1. The van der Waals surface area contributed by atoms with E-state index in [0.717, 1.165) is 11.1 Å². The van der Waals surface area contributed by atoms with E-state index in [9.17, 15) is 21.9 Å². The predicted molar refractivity (Wildman–Crippen MR) is 122 cm³/mol. The van der Waals surface area contributed by atoms with Gasteiger partial charge in [0.1, 0.15) is 24.4 Å². The van der Waals surface area contributed by atoms with Crippen LogP contribution in [0.25, 0.3) is 0 Å². The van der Waals surface area contributed by atoms with Crippen LogP contribution >= 0.6 is 0 Å². The molecule has 0 aliphatic carbocycles. The van der Waals surface area contributed by atoms with Gasteiger partial charge < -0.3 is 19.3 Å². The van der Waals surface area contributed by atoms with E-state index in [2.05, 4.69) is 0 Å². The summed E-state index contributed by atoms with van der Waals surface area (Å²) in [6.45, 7) is 6.14. The number of fused-ring (bicyclic) bond motifs is 1. The van der Waals surface area contributed by atoms with Crippen molar-refractivity contribution in [2.24, 2.45) is 0 Å². The highest BCUT2D eigenvalue weighted by Crippen LogP contribution is 2.39. The normalized spacial score (nSPS) is 27.0. The molecule has 2 fully saturated rings. The Morgan fingerprint density at radius 2 is 1.40 bits per heavy atom. The molecule has 4 rings (SSSR count). The second-order valence-electron chi connectivity index (χ2n) is 9.01. The minimum atomic E-state index is -4.37. The molecule has 192 valence electrons. The smallest absolute Gasteiger partial charge is 0.297 e. The summed E-state index contributed by atoms with van der Waals surface area (Å²) in [7, 11) is -8.63. The molecule has 2 heterocycles. The maximum Gasteiger partial charge on any atom is 0.297 e. The first-order valence-corrected chi connectivity index (χ1v) is 13.7. The van der Waals surface area contributed by atoms with E-state index in [0.29, 0.717) is 0 Å². The van der Waals surface area contributed by atoms with E-state index in [1.807, 2.05) is 0 Å². The molecular weight excluding hydrogens is 500 g/mol. The van der Waals surface area contributed by atoms with Crippen molar-refractivity contribution in [3.63, 3.8) is 0 Å². The quantitative estimate of drug-likeness (QED) is 0.507. The van der Waals surface area contributed by atoms with Gasteiger partial charge in [-0.25, -0.2) is 0 Å². The molecule has 0 unspecified atom stereocenters. The maximum atomic E-state index is 13.0. The van der Waals surface area contributed by atoms with Gasteiger partial charge in [-0.2, -0.15) is 16.8 Å². The van der Waals surface area contributed by atoms with Crippen LogP contribution in [0.4, 0.5) is 0 Å². The summed E-state index contributed by atoms with van der Waals surface area (Å²) < 4.78 is 78.9. The van der Waals surface area contributed by atoms with Crippen molar-refractivity contribution in [2.75, 3.05) is 6.61 Å². The molecule has 0 saturated carbocycles. The number of rotatable bonds is 8. The SMILES string of the molecule is Cc1ccc(S(=O)(=O)OC[C@H](OS(=O)(=O)c2ccc(C)cc2)[C@H]2O[C@H]3OC(C)(C)O[C@@H]3[C@H]2O)cc1. The molecule has 2 aromatic rings. The van der Waals surface area contributed by atoms with E-state index >= 15 is 0 Å². The van der Waals surface area contributed by atoms with Crippen LogP contribution in [-0.2, 0) is 42.8 Å². The molecule has 2 aromatic carbocycles. The first-order chi connectivity index (χ1) is 16.3. The minimum Gasteiger partial charge on any atom is -0.387 e. The average molecular weight is 529 g/mol. The molecule has 12 heteroatoms. The molecule has 0 spiro atoms. The van der Waals surface area contributed by atoms with Gasteiger partial charge >= 0.3 is 0 Å². The third-order valence-electron chi connectivity index (χ3n) is 5.68. The Bertz CT molecular complexity index is 1250. The fraction of sp³-hybridized carbons (Fsp3) is 0.478. The molecule has 0 aromatic heterocycles. The molecule has 0 bridgehead atoms. The van der Waals surface area contributed by atoms with Crippen LogP contribution in [0.15, 0.2) is 58.3 Å². The highest BCUT2D eigenvalue weighted by molar-refractivity contribution is 7.87. The van der Waals surface area contributed by atoms with Crippen LogP contribution in [0.3, 0.4) is 0 Å². The maximum absolute atomic E-state index is 13.0. The first-order valence-electron chi connectivity index (χ1n) is 10.9. The zero-order valence-electron chi connectivity index (χ0n) is 19.7. The van der Waals surface area contributed by atoms with E-state index in [-0.39, 0.29) is 9.79 Å². The summed E-state index contributed by atoms with van der Waals surface area (Å²) in [5.74, 6) is -1.02. The van der Waals surface area contributed by atoms with Gasteiger partial charge in [-0.05, 0) is 52.0 Å². The Kier molecular flexibility index (Phi) is 7.12. The number of benzene rings is 2. The Hall–Kier alpha value is -1.90. The lowest BCUT2D eigenvalue weighted by molar-refractivity contribution is -0.225. The third-order valence-corrected chi connectivity index (χ3v) is 8.32. The van der Waals surface area contributed by atoms with E-state index in [1.54, 1.807) is 52.0 Å². The van der Waals surface area contributed by atoms with E-state index in [4.69, 9.17) is 22.6 Å². The van der Waals surface area contributed by atoms with Gasteiger partial charge in [0.05, 0.1) is 16.4 Å². The Balaban J connectivity index is 1.58. The first kappa shape index (κ1) is 26.2. The molecular formula is C23H28O10S2. The molecule has 2 aliphatic heterocycles. The number of aliphatic hydroxyl groups excluding tert-OH is 1. The van der Waals surface area contributed by atoms with Crippen molar-refractivity contribution in [3.8, 4) is 0 Å². The van der Waals surface area contributed by atoms with Crippen LogP contribution in [0.1, 0.15) is 25.0 Å². The Morgan fingerprint density at radius 3 is 1.91 bits per heavy atom. The lowest BCUT2D eigenvalue weighted by atomic mass is 10.1. The van der Waals surface area contributed by atoms with Crippen molar-refractivity contribution in [1.82, 2.24) is 0 Å². The second-order valence-corrected chi connectivity index (χ2v) is 12.2. The van der Waals surface area contributed by atoms with Crippen molar-refractivity contribution < 1.29 is 44.5 Å². The summed E-state index contributed by atoms with van der Waals surface area (Å²) in [6, 6.07) is 11.9. The van der Waals surface area contributed by atoms with E-state index < -0.39 is 63.3 Å². The molecule has 1 N–H and O–H groups in total. The van der Waals surface area contributed by atoms with Crippen LogP contribution in [0, 0.1) is 13.8 Å². The number of ether oxygens (including phenoxy) is 3. The van der Waals surface area contributed by atoms with Crippen molar-refractivity contribution in [1.29, 1.82) is 0 Å². The van der Waals surface area contributed by atoms with Gasteiger partial charge in [0.25, 0.3) is 20.2 Å². The molecule has 2 saturated heterocycles. The molecule has 10 nitrogen and oxygen atoms in total. The minimum absolute atomic E-state index is 0.110. The predicted octanol–water partition coefficient (Wildman–Crippen LogP) is 2.02. The standard InChI is InChI=1S/C23H28O10S2/c1-14-5-9-16(10-6-14)34(25,26)29-13-18(33-35(27,28)17-11-7-15(2)8-12-17)20-19(24)21-22(30-20)32-23(3,4)31-21/h5-12,18-22,24H,13H2,1-4H3/t18-,19-,20+,21+,22-/m0/s1. The third kappa shape index (κ3) is 5.75. The van der Waals surface area contributed by atoms with Gasteiger partial charge in [-0.3, -0.25) is 8.37 Å². The molecule has 2 aliphatic rings. The number of aliphatic hydroxyl groups is 1. The molecule has 0 radical (unpaired) electrons. The fourth-order valence-electron chi connectivity index (χ4n) is 3.85. The Morgan fingerprint density at radius 1 is 0.886 bits per heavy atom. The topological polar surface area (TPSA) is 135 Å². The van der Waals surface area contributed by atoms with Gasteiger partial charge in [-0.1, -0.05) is 35.4 Å². The highest BCUT2D eigenvalue weighted by atomic mass is 32.2. The van der Waals surface area contributed by atoms with Crippen LogP contribution < -0.4 is 0 Å². The van der Waals surface area contributed by atoms with Gasteiger partial charge in [-0.15, -0.1) is 0 Å². The van der Waals surface area contributed by atoms with Crippen molar-refractivity contribution >= 4 is 20.2 Å². The zero-order valence-corrected chi connectivity index (χ0v) is 21.3. The van der Waals surface area contributed by atoms with Gasteiger partial charge in [0.2, 0.25) is 0 Å². The highest BCUT2D eigenvalue weighted by Gasteiger charge is 2.57. The number of aryl methyl sites for hydroxylation is 2. The molecule has 35 heavy (non-hydrogen) atoms. The van der Waals surface area contributed by atoms with Gasteiger partial charge in [0, 0.05) is 0 Å². The lowest BCUT2D eigenvalue weighted by Crippen LogP contribution is -2.45. The summed E-state index contributed by atoms with van der Waals surface area (Å²) in [6.07, 6.45) is -6.12. The summed E-state index contributed by atoms with van der Waals surface area (Å²) in [5, 5.41) is 10.8. The second kappa shape index (κ2) is 9.52. The monoisotopic (exact) mass is 528 g/mol. The van der Waals surface area contributed by atoms with Crippen molar-refractivity contribution in [2.45, 2.75) is 74.0 Å². The van der Waals surface area contributed by atoms with Crippen molar-refractivity contribution in [3.05, 3.63) is 59.7 Å². The molecule has 0 amide bonds. The average Bonchev–Trinajstić information content (AvgIpc) is 3.24. The Labute approximate surface area is 205 Å².